The molecule has 3 rings (SSSR count). The van der Waals surface area contributed by atoms with Gasteiger partial charge in [-0.25, -0.2) is 0 Å². The van der Waals surface area contributed by atoms with E-state index in [1.807, 2.05) is 37.3 Å². The van der Waals surface area contributed by atoms with Crippen molar-refractivity contribution >= 4 is 5.91 Å². The first-order valence-electron chi connectivity index (χ1n) is 9.54. The number of rotatable bonds is 8. The normalized spacial score (nSPS) is 14.7. The Bertz CT molecular complexity index is 742. The van der Waals surface area contributed by atoms with Gasteiger partial charge in [0.1, 0.15) is 5.75 Å². The van der Waals surface area contributed by atoms with E-state index in [0.717, 1.165) is 49.7 Å². The molecule has 0 aliphatic carbocycles. The first-order valence-corrected chi connectivity index (χ1v) is 9.54. The summed E-state index contributed by atoms with van der Waals surface area (Å²) in [6.45, 7) is 7.34. The molecule has 0 unspecified atom stereocenters. The average molecular weight is 368 g/mol. The average Bonchev–Trinajstić information content (AvgIpc) is 2.68. The van der Waals surface area contributed by atoms with E-state index in [0.29, 0.717) is 19.6 Å². The molecule has 1 N–H and O–H groups in total. The zero-order valence-electron chi connectivity index (χ0n) is 15.9. The van der Waals surface area contributed by atoms with Crippen LogP contribution < -0.4 is 10.1 Å². The number of hydrogen-bond donors (Lipinski definition) is 1. The van der Waals surface area contributed by atoms with Crippen molar-refractivity contribution in [3.63, 3.8) is 0 Å². The fourth-order valence-electron chi connectivity index (χ4n) is 3.13. The summed E-state index contributed by atoms with van der Waals surface area (Å²) < 4.78 is 11.1. The Hall–Kier alpha value is -2.37. The summed E-state index contributed by atoms with van der Waals surface area (Å²) in [5, 5.41) is 3.01. The molecule has 1 aliphatic heterocycles. The van der Waals surface area contributed by atoms with Gasteiger partial charge in [0.15, 0.2) is 0 Å². The van der Waals surface area contributed by atoms with Crippen LogP contribution in [-0.4, -0.2) is 43.7 Å². The Morgan fingerprint density at radius 2 is 1.89 bits per heavy atom. The largest absolute Gasteiger partial charge is 0.493 e. The Morgan fingerprint density at radius 1 is 1.11 bits per heavy atom. The van der Waals surface area contributed by atoms with Crippen LogP contribution in [0.25, 0.3) is 0 Å². The fraction of sp³-hybridized carbons (Fsp3) is 0.409. The van der Waals surface area contributed by atoms with Gasteiger partial charge in [0.25, 0.3) is 0 Å². The van der Waals surface area contributed by atoms with Crippen molar-refractivity contribution in [1.29, 1.82) is 0 Å². The molecular formula is C22H28N2O3. The van der Waals surface area contributed by atoms with Gasteiger partial charge in [0.05, 0.1) is 26.2 Å². The van der Waals surface area contributed by atoms with Crippen molar-refractivity contribution in [2.75, 3.05) is 32.9 Å². The van der Waals surface area contributed by atoms with Gasteiger partial charge < -0.3 is 14.8 Å². The predicted molar refractivity (Wildman–Crippen MR) is 106 cm³/mol. The molecule has 144 valence electrons. The summed E-state index contributed by atoms with van der Waals surface area (Å²) in [4.78, 5) is 14.5. The number of nitrogens with zero attached hydrogens (tertiary/aromatic N) is 1. The molecule has 0 bridgehead atoms. The zero-order valence-corrected chi connectivity index (χ0v) is 15.9. The van der Waals surface area contributed by atoms with Crippen LogP contribution in [0.2, 0.25) is 0 Å². The zero-order chi connectivity index (χ0) is 18.9. The summed E-state index contributed by atoms with van der Waals surface area (Å²) in [5.41, 5.74) is 3.57. The molecule has 2 aromatic carbocycles. The Kier molecular flexibility index (Phi) is 7.25. The van der Waals surface area contributed by atoms with Crippen LogP contribution in [0.15, 0.2) is 48.5 Å². The van der Waals surface area contributed by atoms with Crippen LogP contribution in [0.4, 0.5) is 0 Å². The maximum Gasteiger partial charge on any atom is 0.223 e. The quantitative estimate of drug-likeness (QED) is 0.778. The van der Waals surface area contributed by atoms with Gasteiger partial charge >= 0.3 is 0 Å². The van der Waals surface area contributed by atoms with E-state index in [1.165, 1.54) is 5.56 Å². The van der Waals surface area contributed by atoms with E-state index in [9.17, 15) is 4.79 Å². The molecule has 0 atom stereocenters. The van der Waals surface area contributed by atoms with Crippen molar-refractivity contribution in [2.45, 2.75) is 26.4 Å². The second-order valence-electron chi connectivity index (χ2n) is 6.85. The van der Waals surface area contributed by atoms with Crippen molar-refractivity contribution < 1.29 is 14.3 Å². The Balaban J connectivity index is 1.44. The molecule has 1 aliphatic rings. The van der Waals surface area contributed by atoms with E-state index in [1.54, 1.807) is 0 Å². The lowest BCUT2D eigenvalue weighted by Gasteiger charge is -2.27. The molecule has 27 heavy (non-hydrogen) atoms. The number of nitrogens with one attached hydrogen (secondary N) is 1. The first-order chi connectivity index (χ1) is 13.2. The van der Waals surface area contributed by atoms with Crippen molar-refractivity contribution in [3.05, 3.63) is 65.2 Å². The number of carbonyl (C=O) groups is 1. The van der Waals surface area contributed by atoms with E-state index in [2.05, 4.69) is 28.4 Å². The lowest BCUT2D eigenvalue weighted by molar-refractivity contribution is -0.121. The highest BCUT2D eigenvalue weighted by Crippen LogP contribution is 2.14. The molecule has 1 heterocycles. The van der Waals surface area contributed by atoms with E-state index in [4.69, 9.17) is 9.47 Å². The third kappa shape index (κ3) is 6.38. The molecule has 1 fully saturated rings. The fourth-order valence-corrected chi connectivity index (χ4v) is 3.13. The molecule has 1 amide bonds. The highest BCUT2D eigenvalue weighted by molar-refractivity contribution is 5.76. The highest BCUT2D eigenvalue weighted by Gasteiger charge is 2.13. The van der Waals surface area contributed by atoms with Crippen molar-refractivity contribution in [2.24, 2.45) is 0 Å². The molecule has 0 aromatic heterocycles. The Labute approximate surface area is 161 Å². The first kappa shape index (κ1) is 19.4. The molecule has 0 saturated carbocycles. The summed E-state index contributed by atoms with van der Waals surface area (Å²) >= 11 is 0. The molecule has 2 aromatic rings. The summed E-state index contributed by atoms with van der Waals surface area (Å²) in [5.74, 6) is 0.808. The highest BCUT2D eigenvalue weighted by atomic mass is 16.5. The lowest BCUT2D eigenvalue weighted by Crippen LogP contribution is -2.36. The maximum absolute atomic E-state index is 12.2. The number of ether oxygens (including phenoxy) is 2. The van der Waals surface area contributed by atoms with Gasteiger partial charge in [-0.15, -0.1) is 0 Å². The van der Waals surface area contributed by atoms with Gasteiger partial charge in [-0.05, 0) is 35.7 Å². The van der Waals surface area contributed by atoms with Crippen LogP contribution in [0.5, 0.6) is 5.75 Å². The van der Waals surface area contributed by atoms with Crippen molar-refractivity contribution in [3.8, 4) is 5.75 Å². The minimum Gasteiger partial charge on any atom is -0.493 e. The molecular weight excluding hydrogens is 340 g/mol. The van der Waals surface area contributed by atoms with Gasteiger partial charge in [-0.3, -0.25) is 9.69 Å². The minimum absolute atomic E-state index is 0.00355. The number of amides is 1. The van der Waals surface area contributed by atoms with Crippen LogP contribution in [0.1, 0.15) is 23.1 Å². The second kappa shape index (κ2) is 10.1. The van der Waals surface area contributed by atoms with E-state index in [-0.39, 0.29) is 5.91 Å². The van der Waals surface area contributed by atoms with Crippen LogP contribution >= 0.6 is 0 Å². The third-order valence-electron chi connectivity index (χ3n) is 4.68. The van der Waals surface area contributed by atoms with E-state index >= 15 is 0 Å². The Morgan fingerprint density at radius 3 is 2.67 bits per heavy atom. The topological polar surface area (TPSA) is 50.8 Å². The predicted octanol–water partition coefficient (Wildman–Crippen LogP) is 2.91. The van der Waals surface area contributed by atoms with Gasteiger partial charge in [0.2, 0.25) is 5.91 Å². The molecule has 0 radical (unpaired) electrons. The van der Waals surface area contributed by atoms with Gasteiger partial charge in [-0.2, -0.15) is 0 Å². The summed E-state index contributed by atoms with van der Waals surface area (Å²) in [6, 6.07) is 16.1. The van der Waals surface area contributed by atoms with Gasteiger partial charge in [0, 0.05) is 26.2 Å². The molecule has 5 nitrogen and oxygen atoms in total. The van der Waals surface area contributed by atoms with Crippen molar-refractivity contribution in [1.82, 2.24) is 10.2 Å². The smallest absolute Gasteiger partial charge is 0.223 e. The molecule has 0 spiro atoms. The van der Waals surface area contributed by atoms with Crippen LogP contribution in [0.3, 0.4) is 0 Å². The standard InChI is InChI=1S/C22H28N2O3/c1-18-5-4-8-21(15-18)27-12-9-22(25)23-16-19-6-2-3-7-20(19)17-24-10-13-26-14-11-24/h2-8,15H,9-14,16-17H2,1H3,(H,23,25). The second-order valence-corrected chi connectivity index (χ2v) is 6.85. The van der Waals surface area contributed by atoms with E-state index < -0.39 is 0 Å². The molecule has 1 saturated heterocycles. The number of hydrogen-bond acceptors (Lipinski definition) is 4. The third-order valence-corrected chi connectivity index (χ3v) is 4.68. The summed E-state index contributed by atoms with van der Waals surface area (Å²) in [7, 11) is 0. The number of aryl methyl sites for hydroxylation is 1. The monoisotopic (exact) mass is 368 g/mol. The minimum atomic E-state index is 0.00355. The SMILES string of the molecule is Cc1cccc(OCCC(=O)NCc2ccccc2CN2CCOCC2)c1. The maximum atomic E-state index is 12.2. The summed E-state index contributed by atoms with van der Waals surface area (Å²) in [6.07, 6.45) is 0.347. The lowest BCUT2D eigenvalue weighted by atomic mass is 10.1. The molecule has 5 heteroatoms. The van der Waals surface area contributed by atoms with Crippen LogP contribution in [-0.2, 0) is 22.6 Å². The number of carbonyl (C=O) groups excluding carboxylic acids is 1. The van der Waals surface area contributed by atoms with Gasteiger partial charge in [-0.1, -0.05) is 36.4 Å². The number of morpholine rings is 1. The van der Waals surface area contributed by atoms with Crippen LogP contribution in [0, 0.1) is 6.92 Å². The number of benzene rings is 2.